The molecule has 1 atom stereocenters. The summed E-state index contributed by atoms with van der Waals surface area (Å²) in [5.74, 6) is -0.426. The van der Waals surface area contributed by atoms with Crippen molar-refractivity contribution in [1.82, 2.24) is 4.90 Å². The number of aliphatic hydroxyl groups excluding tert-OH is 1. The van der Waals surface area contributed by atoms with Crippen LogP contribution in [0.3, 0.4) is 0 Å². The molecule has 1 aliphatic heterocycles. The minimum absolute atomic E-state index is 0.0356. The van der Waals surface area contributed by atoms with Crippen LogP contribution in [0.25, 0.3) is 0 Å². The number of carbonyl (C=O) groups excluding carboxylic acids is 2. The zero-order chi connectivity index (χ0) is 12.4. The van der Waals surface area contributed by atoms with E-state index in [9.17, 15) is 9.59 Å². The molecular formula is C13H15NO3. The lowest BCUT2D eigenvalue weighted by atomic mass is 10.1. The quantitative estimate of drug-likeness (QED) is 0.795. The molecule has 4 nitrogen and oxygen atoms in total. The number of carbonyl (C=O) groups is 2. The number of nitrogens with zero attached hydrogens (tertiary/aromatic N) is 1. The van der Waals surface area contributed by atoms with Crippen LogP contribution < -0.4 is 0 Å². The van der Waals surface area contributed by atoms with Crippen molar-refractivity contribution in [1.29, 1.82) is 0 Å². The van der Waals surface area contributed by atoms with Crippen molar-refractivity contribution in [3.63, 3.8) is 0 Å². The highest BCUT2D eigenvalue weighted by Crippen LogP contribution is 2.21. The molecule has 1 aliphatic rings. The van der Waals surface area contributed by atoms with Crippen LogP contribution in [0.4, 0.5) is 0 Å². The molecule has 1 N–H and O–H groups in total. The SMILES string of the molecule is CC1CC(=O)N(Cc2cccc(CO)c2)C1=O. The number of likely N-dealkylation sites (tertiary alicyclic amines) is 1. The Hall–Kier alpha value is -1.68. The first-order valence-corrected chi connectivity index (χ1v) is 5.64. The van der Waals surface area contributed by atoms with Crippen molar-refractivity contribution in [3.8, 4) is 0 Å². The molecule has 1 aromatic carbocycles. The molecule has 1 fully saturated rings. The van der Waals surface area contributed by atoms with Gasteiger partial charge in [-0.05, 0) is 11.1 Å². The minimum atomic E-state index is -0.205. The molecule has 90 valence electrons. The number of benzene rings is 1. The number of hydrogen-bond donors (Lipinski definition) is 1. The van der Waals surface area contributed by atoms with Gasteiger partial charge in [0.1, 0.15) is 0 Å². The number of imide groups is 1. The Morgan fingerprint density at radius 1 is 1.35 bits per heavy atom. The van der Waals surface area contributed by atoms with E-state index in [0.717, 1.165) is 11.1 Å². The van der Waals surface area contributed by atoms with Crippen molar-refractivity contribution >= 4 is 11.8 Å². The summed E-state index contributed by atoms with van der Waals surface area (Å²) in [7, 11) is 0. The fraction of sp³-hybridized carbons (Fsp3) is 0.385. The van der Waals surface area contributed by atoms with Crippen LogP contribution in [0, 0.1) is 5.92 Å². The Morgan fingerprint density at radius 2 is 2.06 bits per heavy atom. The molecule has 0 bridgehead atoms. The lowest BCUT2D eigenvalue weighted by Gasteiger charge is -2.14. The number of hydrogen-bond acceptors (Lipinski definition) is 3. The van der Waals surface area contributed by atoms with E-state index in [0.29, 0.717) is 13.0 Å². The van der Waals surface area contributed by atoms with Gasteiger partial charge in [-0.15, -0.1) is 0 Å². The van der Waals surface area contributed by atoms with Crippen LogP contribution in [0.15, 0.2) is 24.3 Å². The van der Waals surface area contributed by atoms with Crippen LogP contribution >= 0.6 is 0 Å². The third-order valence-corrected chi connectivity index (χ3v) is 2.98. The van der Waals surface area contributed by atoms with Crippen molar-refractivity contribution in [2.24, 2.45) is 5.92 Å². The summed E-state index contributed by atoms with van der Waals surface area (Å²) in [4.78, 5) is 24.6. The van der Waals surface area contributed by atoms with Gasteiger partial charge in [-0.2, -0.15) is 0 Å². The Balaban J connectivity index is 2.15. The molecule has 17 heavy (non-hydrogen) atoms. The smallest absolute Gasteiger partial charge is 0.232 e. The average molecular weight is 233 g/mol. The maximum atomic E-state index is 11.7. The number of rotatable bonds is 3. The molecule has 4 heteroatoms. The average Bonchev–Trinajstić information content (AvgIpc) is 2.56. The molecule has 2 amide bonds. The number of aliphatic hydroxyl groups is 1. The molecule has 2 rings (SSSR count). The van der Waals surface area contributed by atoms with Gasteiger partial charge in [-0.1, -0.05) is 31.2 Å². The standard InChI is InChI=1S/C13H15NO3/c1-9-5-12(16)14(13(9)17)7-10-3-2-4-11(6-10)8-15/h2-4,6,9,15H,5,7-8H2,1H3. The van der Waals surface area contributed by atoms with Gasteiger partial charge in [0.05, 0.1) is 13.2 Å². The molecular weight excluding hydrogens is 218 g/mol. The highest BCUT2D eigenvalue weighted by molar-refractivity contribution is 6.03. The monoisotopic (exact) mass is 233 g/mol. The van der Waals surface area contributed by atoms with E-state index in [1.54, 1.807) is 13.0 Å². The van der Waals surface area contributed by atoms with Crippen molar-refractivity contribution in [3.05, 3.63) is 35.4 Å². The lowest BCUT2D eigenvalue weighted by Crippen LogP contribution is -2.29. The van der Waals surface area contributed by atoms with Gasteiger partial charge in [0.2, 0.25) is 11.8 Å². The summed E-state index contributed by atoms with van der Waals surface area (Å²) in [6, 6.07) is 7.28. The molecule has 0 spiro atoms. The van der Waals surface area contributed by atoms with Crippen LogP contribution in [0.5, 0.6) is 0 Å². The van der Waals surface area contributed by atoms with Crippen LogP contribution in [0.1, 0.15) is 24.5 Å². The second-order valence-electron chi connectivity index (χ2n) is 4.40. The highest BCUT2D eigenvalue weighted by Gasteiger charge is 2.35. The topological polar surface area (TPSA) is 57.6 Å². The molecule has 0 aliphatic carbocycles. The summed E-state index contributed by atoms with van der Waals surface area (Å²) in [5, 5.41) is 9.02. The Kier molecular flexibility index (Phi) is 3.24. The second-order valence-corrected chi connectivity index (χ2v) is 4.40. The first kappa shape index (κ1) is 11.8. The van der Waals surface area contributed by atoms with E-state index >= 15 is 0 Å². The van der Waals surface area contributed by atoms with Gasteiger partial charge >= 0.3 is 0 Å². The predicted octanol–water partition coefficient (Wildman–Crippen LogP) is 1.07. The zero-order valence-electron chi connectivity index (χ0n) is 9.72. The second kappa shape index (κ2) is 4.67. The molecule has 0 aromatic heterocycles. The Morgan fingerprint density at radius 3 is 2.65 bits per heavy atom. The molecule has 0 radical (unpaired) electrons. The Bertz CT molecular complexity index is 456. The predicted molar refractivity (Wildman–Crippen MR) is 61.7 cm³/mol. The first-order chi connectivity index (χ1) is 8.11. The molecule has 1 unspecified atom stereocenters. The highest BCUT2D eigenvalue weighted by atomic mass is 16.3. The van der Waals surface area contributed by atoms with Crippen molar-refractivity contribution < 1.29 is 14.7 Å². The van der Waals surface area contributed by atoms with Crippen LogP contribution in [-0.2, 0) is 22.7 Å². The van der Waals surface area contributed by atoms with Crippen molar-refractivity contribution in [2.75, 3.05) is 0 Å². The lowest BCUT2D eigenvalue weighted by molar-refractivity contribution is -0.139. The van der Waals surface area contributed by atoms with Gasteiger partial charge in [-0.3, -0.25) is 14.5 Å². The summed E-state index contributed by atoms with van der Waals surface area (Å²) >= 11 is 0. The van der Waals surface area contributed by atoms with Crippen molar-refractivity contribution in [2.45, 2.75) is 26.5 Å². The fourth-order valence-corrected chi connectivity index (χ4v) is 2.02. The van der Waals surface area contributed by atoms with Gasteiger partial charge in [0, 0.05) is 12.3 Å². The van der Waals surface area contributed by atoms with E-state index in [4.69, 9.17) is 5.11 Å². The van der Waals surface area contributed by atoms with Gasteiger partial charge in [-0.25, -0.2) is 0 Å². The van der Waals surface area contributed by atoms with Gasteiger partial charge in [0.25, 0.3) is 0 Å². The summed E-state index contributed by atoms with van der Waals surface area (Å²) in [6.07, 6.45) is 0.304. The maximum absolute atomic E-state index is 11.7. The Labute approximate surface area is 99.9 Å². The molecule has 1 heterocycles. The molecule has 0 saturated carbocycles. The van der Waals surface area contributed by atoms with E-state index in [-0.39, 0.29) is 24.3 Å². The summed E-state index contributed by atoms with van der Waals surface area (Å²) < 4.78 is 0. The molecule has 1 aromatic rings. The maximum Gasteiger partial charge on any atom is 0.232 e. The zero-order valence-corrected chi connectivity index (χ0v) is 9.72. The van der Waals surface area contributed by atoms with E-state index in [2.05, 4.69) is 0 Å². The van der Waals surface area contributed by atoms with E-state index < -0.39 is 0 Å². The largest absolute Gasteiger partial charge is 0.392 e. The first-order valence-electron chi connectivity index (χ1n) is 5.64. The third-order valence-electron chi connectivity index (χ3n) is 2.98. The minimum Gasteiger partial charge on any atom is -0.392 e. The van der Waals surface area contributed by atoms with E-state index in [1.165, 1.54) is 4.90 Å². The molecule has 1 saturated heterocycles. The fourth-order valence-electron chi connectivity index (χ4n) is 2.02. The number of amides is 2. The third kappa shape index (κ3) is 2.36. The summed E-state index contributed by atoms with van der Waals surface area (Å²) in [6.45, 7) is 2.03. The van der Waals surface area contributed by atoms with Crippen LogP contribution in [-0.4, -0.2) is 21.8 Å². The van der Waals surface area contributed by atoms with Gasteiger partial charge < -0.3 is 5.11 Å². The normalized spacial score (nSPS) is 20.1. The summed E-state index contributed by atoms with van der Waals surface area (Å²) in [5.41, 5.74) is 1.65. The van der Waals surface area contributed by atoms with Gasteiger partial charge in [0.15, 0.2) is 0 Å². The van der Waals surface area contributed by atoms with Crippen LogP contribution in [0.2, 0.25) is 0 Å². The van der Waals surface area contributed by atoms with E-state index in [1.807, 2.05) is 18.2 Å².